The van der Waals surface area contributed by atoms with Crippen LogP contribution in [-0.2, 0) is 9.59 Å². The zero-order valence-corrected chi connectivity index (χ0v) is 12.8. The summed E-state index contributed by atoms with van der Waals surface area (Å²) in [6.07, 6.45) is 0. The first kappa shape index (κ1) is 14.7. The van der Waals surface area contributed by atoms with Crippen molar-refractivity contribution in [2.24, 2.45) is 0 Å². The molecule has 0 spiro atoms. The summed E-state index contributed by atoms with van der Waals surface area (Å²) < 4.78 is -0.986. The molecule has 1 saturated heterocycles. The van der Waals surface area contributed by atoms with Crippen LogP contribution in [0.15, 0.2) is 0 Å². The van der Waals surface area contributed by atoms with Crippen molar-refractivity contribution in [3.05, 3.63) is 0 Å². The first-order valence-electron chi connectivity index (χ1n) is 5.48. The van der Waals surface area contributed by atoms with Gasteiger partial charge in [0.2, 0.25) is 4.08 Å². The number of rotatable bonds is 2. The summed E-state index contributed by atoms with van der Waals surface area (Å²) in [6.45, 7) is 11.4. The van der Waals surface area contributed by atoms with Crippen molar-refractivity contribution in [1.29, 1.82) is 0 Å². The Morgan fingerprint density at radius 3 is 1.29 bits per heavy atom. The molecule has 4 nitrogen and oxygen atoms in total. The van der Waals surface area contributed by atoms with Crippen molar-refractivity contribution < 1.29 is 9.59 Å². The Morgan fingerprint density at radius 1 is 0.824 bits per heavy atom. The highest BCUT2D eigenvalue weighted by atomic mass is 33.2. The van der Waals surface area contributed by atoms with Crippen LogP contribution >= 0.6 is 21.6 Å². The number of hydrogen-bond donors (Lipinski definition) is 2. The van der Waals surface area contributed by atoms with Crippen LogP contribution in [0, 0.1) is 0 Å². The number of hydrogen-bond acceptors (Lipinski definition) is 4. The third kappa shape index (κ3) is 4.10. The van der Waals surface area contributed by atoms with E-state index in [0.717, 1.165) is 0 Å². The summed E-state index contributed by atoms with van der Waals surface area (Å²) in [5.74, 6) is -0.441. The maximum Gasteiger partial charge on any atom is 0.258 e. The van der Waals surface area contributed by atoms with Crippen LogP contribution in [0.1, 0.15) is 41.5 Å². The smallest absolute Gasteiger partial charge is 0.258 e. The number of amides is 2. The van der Waals surface area contributed by atoms with Crippen molar-refractivity contribution in [3.8, 4) is 0 Å². The molecule has 1 rings (SSSR count). The van der Waals surface area contributed by atoms with Crippen LogP contribution in [0.3, 0.4) is 0 Å². The lowest BCUT2D eigenvalue weighted by molar-refractivity contribution is -0.130. The van der Waals surface area contributed by atoms with E-state index in [9.17, 15) is 9.59 Å². The predicted molar refractivity (Wildman–Crippen MR) is 73.7 cm³/mol. The topological polar surface area (TPSA) is 58.2 Å². The Balaban J connectivity index is 2.70. The summed E-state index contributed by atoms with van der Waals surface area (Å²) >= 11 is 0. The lowest BCUT2D eigenvalue weighted by atomic mass is 10.1. The molecule has 0 radical (unpaired) electrons. The molecule has 0 aromatic heterocycles. The van der Waals surface area contributed by atoms with Gasteiger partial charge in [0, 0.05) is 11.1 Å². The molecule has 1 aliphatic heterocycles. The van der Waals surface area contributed by atoms with Gasteiger partial charge in [-0.2, -0.15) is 0 Å². The fraction of sp³-hybridized carbons (Fsp3) is 0.818. The Bertz CT molecular complexity index is 308. The molecule has 0 aromatic rings. The molecule has 0 aromatic carbocycles. The van der Waals surface area contributed by atoms with E-state index in [1.165, 1.54) is 21.6 Å². The third-order valence-electron chi connectivity index (χ3n) is 1.82. The van der Waals surface area contributed by atoms with Gasteiger partial charge in [-0.05, 0) is 41.5 Å². The molecule has 6 heteroatoms. The fourth-order valence-corrected chi connectivity index (χ4v) is 2.89. The van der Waals surface area contributed by atoms with E-state index in [0.29, 0.717) is 0 Å². The van der Waals surface area contributed by atoms with Crippen LogP contribution in [-0.4, -0.2) is 27.0 Å². The maximum absolute atomic E-state index is 12.1. The van der Waals surface area contributed by atoms with Gasteiger partial charge in [0.15, 0.2) is 0 Å². The second kappa shape index (κ2) is 4.39. The van der Waals surface area contributed by atoms with Gasteiger partial charge < -0.3 is 10.6 Å². The molecule has 1 heterocycles. The van der Waals surface area contributed by atoms with Crippen molar-refractivity contribution in [2.45, 2.75) is 56.7 Å². The molecule has 0 saturated carbocycles. The maximum atomic E-state index is 12.1. The lowest BCUT2D eigenvalue weighted by Gasteiger charge is -2.26. The molecular weight excluding hydrogens is 256 g/mol. The molecule has 1 aliphatic rings. The molecular formula is C11H20N2O2S2. The molecule has 98 valence electrons. The molecule has 0 unspecified atom stereocenters. The molecule has 0 atom stereocenters. The summed E-state index contributed by atoms with van der Waals surface area (Å²) in [4.78, 5) is 24.1. The van der Waals surface area contributed by atoms with Crippen molar-refractivity contribution in [1.82, 2.24) is 10.6 Å². The highest BCUT2D eigenvalue weighted by molar-refractivity contribution is 8.94. The van der Waals surface area contributed by atoms with E-state index in [4.69, 9.17) is 0 Å². The van der Waals surface area contributed by atoms with Crippen molar-refractivity contribution in [3.63, 3.8) is 0 Å². The van der Waals surface area contributed by atoms with E-state index < -0.39 is 4.08 Å². The quantitative estimate of drug-likeness (QED) is 0.459. The standard InChI is InChI=1S/C11H20N2O2S2/c1-9(2,3)12-7(14)11(16-17-11)8(15)13-10(4,5)6/h1-6H3,(H,12,14)(H,13,15). The zero-order valence-electron chi connectivity index (χ0n) is 11.1. The molecule has 0 bridgehead atoms. The minimum Gasteiger partial charge on any atom is -0.349 e. The van der Waals surface area contributed by atoms with Gasteiger partial charge in [0.1, 0.15) is 0 Å². The molecule has 17 heavy (non-hydrogen) atoms. The largest absolute Gasteiger partial charge is 0.349 e. The second-order valence-corrected chi connectivity index (χ2v) is 9.01. The molecule has 0 aliphatic carbocycles. The lowest BCUT2D eigenvalue weighted by Crippen LogP contribution is -2.54. The zero-order chi connectivity index (χ0) is 13.5. The van der Waals surface area contributed by atoms with Crippen LogP contribution in [0.2, 0.25) is 0 Å². The Hall–Kier alpha value is -0.360. The normalized spacial score (nSPS) is 18.5. The highest BCUT2D eigenvalue weighted by Gasteiger charge is 2.61. The van der Waals surface area contributed by atoms with Gasteiger partial charge in [-0.25, -0.2) is 0 Å². The third-order valence-corrected chi connectivity index (χ3v) is 4.57. The van der Waals surface area contributed by atoms with Crippen LogP contribution in [0.5, 0.6) is 0 Å². The van der Waals surface area contributed by atoms with Gasteiger partial charge >= 0.3 is 0 Å². The summed E-state index contributed by atoms with van der Waals surface area (Å²) in [6, 6.07) is 0. The first-order chi connectivity index (χ1) is 7.46. The molecule has 2 N–H and O–H groups in total. The number of nitrogens with one attached hydrogen (secondary N) is 2. The summed E-state index contributed by atoms with van der Waals surface area (Å²) in [5, 5.41) is 5.69. The average molecular weight is 276 g/mol. The average Bonchev–Trinajstić information content (AvgIpc) is 2.75. The van der Waals surface area contributed by atoms with E-state index >= 15 is 0 Å². The van der Waals surface area contributed by atoms with E-state index in [1.807, 2.05) is 41.5 Å². The SMILES string of the molecule is CC(C)(C)NC(=O)C1(C(=O)NC(C)(C)C)SS1. The van der Waals surface area contributed by atoms with E-state index in [1.54, 1.807) is 0 Å². The minimum absolute atomic E-state index is 0.221. The van der Waals surface area contributed by atoms with Crippen LogP contribution in [0.4, 0.5) is 0 Å². The van der Waals surface area contributed by atoms with Crippen molar-refractivity contribution >= 4 is 33.4 Å². The molecule has 1 fully saturated rings. The van der Waals surface area contributed by atoms with Crippen molar-refractivity contribution in [2.75, 3.05) is 0 Å². The Morgan fingerprint density at radius 2 is 1.12 bits per heavy atom. The summed E-state index contributed by atoms with van der Waals surface area (Å²) in [5.41, 5.74) is -0.647. The van der Waals surface area contributed by atoms with Gasteiger partial charge in [-0.15, -0.1) is 0 Å². The first-order valence-corrected chi connectivity index (χ1v) is 7.63. The number of carbonyl (C=O) groups excluding carboxylic acids is 2. The Labute approximate surface area is 110 Å². The number of carbonyl (C=O) groups is 2. The second-order valence-electron chi connectivity index (χ2n) is 6.19. The minimum atomic E-state index is -0.986. The van der Waals surface area contributed by atoms with Gasteiger partial charge in [0.25, 0.3) is 11.8 Å². The van der Waals surface area contributed by atoms with Crippen LogP contribution in [0.25, 0.3) is 0 Å². The van der Waals surface area contributed by atoms with Crippen LogP contribution < -0.4 is 10.6 Å². The fourth-order valence-electron chi connectivity index (χ4n) is 1.14. The highest BCUT2D eigenvalue weighted by Crippen LogP contribution is 2.65. The predicted octanol–water partition coefficient (Wildman–Crippen LogP) is 1.91. The van der Waals surface area contributed by atoms with Gasteiger partial charge in [0.05, 0.1) is 0 Å². The van der Waals surface area contributed by atoms with Gasteiger partial charge in [-0.1, -0.05) is 21.6 Å². The summed E-state index contributed by atoms with van der Waals surface area (Å²) in [7, 11) is 2.61. The Kier molecular flexibility index (Phi) is 3.79. The van der Waals surface area contributed by atoms with Gasteiger partial charge in [-0.3, -0.25) is 9.59 Å². The monoisotopic (exact) mass is 276 g/mol. The molecule has 2 amide bonds. The van der Waals surface area contributed by atoms with E-state index in [-0.39, 0.29) is 22.9 Å². The van der Waals surface area contributed by atoms with E-state index in [2.05, 4.69) is 10.6 Å².